The van der Waals surface area contributed by atoms with Crippen molar-refractivity contribution in [3.05, 3.63) is 88.3 Å². The van der Waals surface area contributed by atoms with Crippen molar-refractivity contribution in [1.29, 1.82) is 0 Å². The van der Waals surface area contributed by atoms with E-state index in [9.17, 15) is 4.79 Å². The highest BCUT2D eigenvalue weighted by molar-refractivity contribution is 7.14. The van der Waals surface area contributed by atoms with Gasteiger partial charge >= 0.3 is 0 Å². The summed E-state index contributed by atoms with van der Waals surface area (Å²) in [5, 5.41) is 10.8. The first kappa shape index (κ1) is 26.2. The average Bonchev–Trinajstić information content (AvgIpc) is 3.39. The van der Waals surface area contributed by atoms with Gasteiger partial charge in [-0.1, -0.05) is 23.7 Å². The number of carbonyl (C=O) groups excluding carboxylic acids is 1. The third-order valence-electron chi connectivity index (χ3n) is 5.76. The van der Waals surface area contributed by atoms with Gasteiger partial charge in [0.15, 0.2) is 5.13 Å². The molecule has 0 aliphatic heterocycles. The molecule has 1 aromatic heterocycles. The predicted octanol–water partition coefficient (Wildman–Crippen LogP) is 6.83. The van der Waals surface area contributed by atoms with E-state index in [1.165, 1.54) is 11.3 Å². The van der Waals surface area contributed by atoms with E-state index in [0.29, 0.717) is 16.3 Å². The van der Waals surface area contributed by atoms with Gasteiger partial charge in [0.1, 0.15) is 5.75 Å². The van der Waals surface area contributed by atoms with Crippen molar-refractivity contribution in [2.45, 2.75) is 13.8 Å². The number of nitrogens with zero attached hydrogens (tertiary/aromatic N) is 3. The van der Waals surface area contributed by atoms with Crippen molar-refractivity contribution in [1.82, 2.24) is 10.4 Å². The summed E-state index contributed by atoms with van der Waals surface area (Å²) in [5.74, 6) is 0.393. The lowest BCUT2D eigenvalue weighted by atomic mass is 10.1. The van der Waals surface area contributed by atoms with Gasteiger partial charge in [0, 0.05) is 57.6 Å². The summed E-state index contributed by atoms with van der Waals surface area (Å²) in [7, 11) is 1.62. The number of hydrogen-bond acceptors (Lipinski definition) is 7. The van der Waals surface area contributed by atoms with Gasteiger partial charge in [-0.05, 0) is 62.4 Å². The Labute approximate surface area is 225 Å². The number of nitrogens with one attached hydrogen (secondary N) is 2. The van der Waals surface area contributed by atoms with Crippen molar-refractivity contribution in [2.24, 2.45) is 5.10 Å². The minimum absolute atomic E-state index is 0.301. The largest absolute Gasteiger partial charge is 0.496 e. The molecule has 0 aliphatic carbocycles. The number of amides is 1. The topological polar surface area (TPSA) is 78.9 Å². The molecule has 0 spiro atoms. The van der Waals surface area contributed by atoms with Crippen LogP contribution in [0, 0.1) is 0 Å². The van der Waals surface area contributed by atoms with E-state index in [0.717, 1.165) is 46.4 Å². The van der Waals surface area contributed by atoms with E-state index in [-0.39, 0.29) is 5.91 Å². The quantitative estimate of drug-likeness (QED) is 0.172. The van der Waals surface area contributed by atoms with Crippen LogP contribution in [0.25, 0.3) is 11.3 Å². The SMILES string of the molecule is CCN(CC)c1ccc(/C=N\NC(=O)c2ccc(-c3csc(Nc4ccc(Cl)cc4)n3)cc2)c(OC)c1. The smallest absolute Gasteiger partial charge is 0.271 e. The van der Waals surface area contributed by atoms with Crippen LogP contribution in [0.5, 0.6) is 5.75 Å². The molecule has 190 valence electrons. The summed E-state index contributed by atoms with van der Waals surface area (Å²) in [6, 6.07) is 20.6. The molecule has 0 radical (unpaired) electrons. The van der Waals surface area contributed by atoms with Crippen LogP contribution in [-0.2, 0) is 0 Å². The molecule has 1 heterocycles. The van der Waals surface area contributed by atoms with Crippen LogP contribution < -0.4 is 20.4 Å². The molecule has 9 heteroatoms. The lowest BCUT2D eigenvalue weighted by Gasteiger charge is -2.21. The normalized spacial score (nSPS) is 10.9. The van der Waals surface area contributed by atoms with Gasteiger partial charge in [-0.25, -0.2) is 10.4 Å². The van der Waals surface area contributed by atoms with Crippen LogP contribution in [0.1, 0.15) is 29.8 Å². The number of hydrazone groups is 1. The Morgan fingerprint density at radius 1 is 1.08 bits per heavy atom. The number of halogens is 1. The number of anilines is 3. The van der Waals surface area contributed by atoms with Crippen molar-refractivity contribution in [2.75, 3.05) is 30.4 Å². The second-order valence-corrected chi connectivity index (χ2v) is 9.34. The zero-order valence-electron chi connectivity index (χ0n) is 20.9. The molecule has 0 saturated carbocycles. The van der Waals surface area contributed by atoms with Gasteiger partial charge in [-0.2, -0.15) is 5.10 Å². The molecule has 2 N–H and O–H groups in total. The summed E-state index contributed by atoms with van der Waals surface area (Å²) in [4.78, 5) is 19.5. The van der Waals surface area contributed by atoms with Gasteiger partial charge in [-0.15, -0.1) is 11.3 Å². The number of methoxy groups -OCH3 is 1. The first-order valence-corrected chi connectivity index (χ1v) is 13.1. The lowest BCUT2D eigenvalue weighted by Crippen LogP contribution is -2.21. The standard InChI is InChI=1S/C28H28ClN5O2S/c1-4-34(5-2)24-15-10-21(26(16-24)36-3)17-30-33-27(35)20-8-6-19(7-9-20)25-18-37-28(32-25)31-23-13-11-22(29)12-14-23/h6-18H,4-5H2,1-3H3,(H,31,32)(H,33,35)/b30-17-. The van der Waals surface area contributed by atoms with E-state index in [4.69, 9.17) is 16.3 Å². The third-order valence-corrected chi connectivity index (χ3v) is 6.77. The van der Waals surface area contributed by atoms with E-state index >= 15 is 0 Å². The number of rotatable bonds is 10. The van der Waals surface area contributed by atoms with Crippen LogP contribution in [0.15, 0.2) is 77.2 Å². The Hall–Kier alpha value is -3.88. The monoisotopic (exact) mass is 533 g/mol. The fourth-order valence-electron chi connectivity index (χ4n) is 3.73. The maximum absolute atomic E-state index is 12.6. The summed E-state index contributed by atoms with van der Waals surface area (Å²) < 4.78 is 5.52. The zero-order chi connectivity index (χ0) is 26.2. The van der Waals surface area contributed by atoms with Gasteiger partial charge in [-0.3, -0.25) is 4.79 Å². The molecule has 1 amide bonds. The van der Waals surface area contributed by atoms with E-state index in [1.54, 1.807) is 25.5 Å². The Kier molecular flexibility index (Phi) is 8.77. The number of benzene rings is 3. The average molecular weight is 534 g/mol. The van der Waals surface area contributed by atoms with Gasteiger partial charge in [0.25, 0.3) is 5.91 Å². The fourth-order valence-corrected chi connectivity index (χ4v) is 4.60. The van der Waals surface area contributed by atoms with Crippen LogP contribution >= 0.6 is 22.9 Å². The van der Waals surface area contributed by atoms with Gasteiger partial charge < -0.3 is 15.0 Å². The Balaban J connectivity index is 1.37. The molecule has 0 fully saturated rings. The van der Waals surface area contributed by atoms with E-state index in [2.05, 4.69) is 39.6 Å². The highest BCUT2D eigenvalue weighted by atomic mass is 35.5. The third kappa shape index (κ3) is 6.67. The Morgan fingerprint density at radius 3 is 2.49 bits per heavy atom. The molecule has 4 rings (SSSR count). The maximum atomic E-state index is 12.6. The van der Waals surface area contributed by atoms with Crippen molar-refractivity contribution in [3.63, 3.8) is 0 Å². The molecule has 4 aromatic rings. The van der Waals surface area contributed by atoms with Crippen LogP contribution in [0.2, 0.25) is 5.02 Å². The first-order chi connectivity index (χ1) is 18.0. The molecule has 0 aliphatic rings. The molecule has 0 saturated heterocycles. The molecule has 37 heavy (non-hydrogen) atoms. The van der Waals surface area contributed by atoms with Crippen LogP contribution in [0.3, 0.4) is 0 Å². The molecule has 0 atom stereocenters. The highest BCUT2D eigenvalue weighted by Gasteiger charge is 2.10. The highest BCUT2D eigenvalue weighted by Crippen LogP contribution is 2.28. The first-order valence-electron chi connectivity index (χ1n) is 11.9. The predicted molar refractivity (Wildman–Crippen MR) is 154 cm³/mol. The summed E-state index contributed by atoms with van der Waals surface area (Å²) in [5.41, 5.74) is 7.60. The fraction of sp³-hybridized carbons (Fsp3) is 0.179. The minimum atomic E-state index is -0.301. The van der Waals surface area contributed by atoms with E-state index < -0.39 is 0 Å². The van der Waals surface area contributed by atoms with Gasteiger partial charge in [0.2, 0.25) is 0 Å². The minimum Gasteiger partial charge on any atom is -0.496 e. The van der Waals surface area contributed by atoms with Crippen molar-refractivity contribution in [3.8, 4) is 17.0 Å². The van der Waals surface area contributed by atoms with Crippen molar-refractivity contribution < 1.29 is 9.53 Å². The Morgan fingerprint density at radius 2 is 1.81 bits per heavy atom. The number of hydrogen-bond donors (Lipinski definition) is 2. The zero-order valence-corrected chi connectivity index (χ0v) is 22.4. The van der Waals surface area contributed by atoms with E-state index in [1.807, 2.05) is 60.0 Å². The van der Waals surface area contributed by atoms with Crippen LogP contribution in [-0.4, -0.2) is 37.3 Å². The number of aromatic nitrogens is 1. The maximum Gasteiger partial charge on any atom is 0.271 e. The molecular weight excluding hydrogens is 506 g/mol. The van der Waals surface area contributed by atoms with Gasteiger partial charge in [0.05, 0.1) is 19.0 Å². The number of ether oxygens (including phenoxy) is 1. The molecule has 0 unspecified atom stereocenters. The molecular formula is C28H28ClN5O2S. The number of carbonyl (C=O) groups is 1. The summed E-state index contributed by atoms with van der Waals surface area (Å²) >= 11 is 7.45. The molecule has 0 bridgehead atoms. The molecule has 3 aromatic carbocycles. The number of thiazole rings is 1. The molecule has 7 nitrogen and oxygen atoms in total. The van der Waals surface area contributed by atoms with Crippen molar-refractivity contribution >= 4 is 51.6 Å². The second kappa shape index (κ2) is 12.4. The summed E-state index contributed by atoms with van der Waals surface area (Å²) in [6.07, 6.45) is 1.58. The second-order valence-electron chi connectivity index (χ2n) is 8.04. The van der Waals surface area contributed by atoms with Crippen LogP contribution in [0.4, 0.5) is 16.5 Å². The Bertz CT molecular complexity index is 1370. The lowest BCUT2D eigenvalue weighted by molar-refractivity contribution is 0.0955. The summed E-state index contributed by atoms with van der Waals surface area (Å²) in [6.45, 7) is 6.04.